The van der Waals surface area contributed by atoms with E-state index in [0.29, 0.717) is 9.79 Å². The van der Waals surface area contributed by atoms with Crippen LogP contribution in [0, 0.1) is 11.7 Å². The van der Waals surface area contributed by atoms with Gasteiger partial charge in [-0.25, -0.2) is 0 Å². The minimum absolute atomic E-state index is 0.666. The number of aryl methyl sites for hydroxylation is 1. The molecule has 0 spiro atoms. The summed E-state index contributed by atoms with van der Waals surface area (Å²) in [7, 11) is 0. The van der Waals surface area contributed by atoms with Crippen LogP contribution in [0.1, 0.15) is 5.56 Å². The highest BCUT2D eigenvalue weighted by Crippen LogP contribution is 2.25. The second kappa shape index (κ2) is 4.78. The van der Waals surface area contributed by atoms with Gasteiger partial charge in [0, 0.05) is 15.2 Å². The van der Waals surface area contributed by atoms with E-state index in [9.17, 15) is 0 Å². The third-order valence-corrected chi connectivity index (χ3v) is 4.45. The van der Waals surface area contributed by atoms with Crippen LogP contribution in [0.4, 0.5) is 0 Å². The average molecular weight is 354 g/mol. The van der Waals surface area contributed by atoms with Crippen molar-refractivity contribution in [2.45, 2.75) is 6.92 Å². The van der Waals surface area contributed by atoms with Crippen molar-refractivity contribution < 1.29 is 0 Å². The molecular formula is C14H10BrClN2S. The Morgan fingerprint density at radius 1 is 1.21 bits per heavy atom. The molecule has 0 radical (unpaired) electrons. The zero-order valence-electron chi connectivity index (χ0n) is 10.1. The van der Waals surface area contributed by atoms with Crippen molar-refractivity contribution >= 4 is 50.8 Å². The fraction of sp³-hybridized carbons (Fsp3) is 0.0714. The van der Waals surface area contributed by atoms with Crippen LogP contribution in [0.3, 0.4) is 0 Å². The first-order chi connectivity index (χ1) is 9.06. The molecule has 0 saturated carbocycles. The number of aromatic nitrogens is 2. The third-order valence-electron chi connectivity index (χ3n) is 3.05. The lowest BCUT2D eigenvalue weighted by molar-refractivity contribution is 1.06. The quantitative estimate of drug-likeness (QED) is 0.580. The van der Waals surface area contributed by atoms with E-state index >= 15 is 0 Å². The van der Waals surface area contributed by atoms with E-state index in [4.69, 9.17) is 23.8 Å². The van der Waals surface area contributed by atoms with Crippen LogP contribution in [0.5, 0.6) is 0 Å². The maximum absolute atomic E-state index is 6.08. The van der Waals surface area contributed by atoms with Crippen molar-refractivity contribution in [1.29, 1.82) is 0 Å². The van der Waals surface area contributed by atoms with E-state index in [1.165, 1.54) is 0 Å². The van der Waals surface area contributed by atoms with Crippen molar-refractivity contribution in [3.05, 3.63) is 56.2 Å². The number of rotatable bonds is 1. The fourth-order valence-corrected chi connectivity index (χ4v) is 2.83. The van der Waals surface area contributed by atoms with Crippen LogP contribution in [0.15, 0.2) is 40.9 Å². The topological polar surface area (TPSA) is 20.7 Å². The average Bonchev–Trinajstić information content (AvgIpc) is 2.68. The molecule has 0 aliphatic heterocycles. The number of nitrogens with one attached hydrogen (secondary N) is 1. The Morgan fingerprint density at radius 3 is 2.74 bits per heavy atom. The molecule has 3 rings (SSSR count). The molecule has 96 valence electrons. The summed E-state index contributed by atoms with van der Waals surface area (Å²) in [6, 6.07) is 11.9. The van der Waals surface area contributed by atoms with Crippen LogP contribution >= 0.6 is 39.7 Å². The first kappa shape index (κ1) is 12.9. The Bertz CT molecular complexity index is 835. The summed E-state index contributed by atoms with van der Waals surface area (Å²) in [5.41, 5.74) is 4.16. The van der Waals surface area contributed by atoms with Crippen LogP contribution in [0.2, 0.25) is 5.02 Å². The molecule has 1 N–H and O–H groups in total. The summed E-state index contributed by atoms with van der Waals surface area (Å²) < 4.78 is 3.75. The Balaban J connectivity index is 2.35. The second-order valence-corrected chi connectivity index (χ2v) is 6.04. The number of fused-ring (bicyclic) bond motifs is 1. The standard InChI is InChI=1S/C14H10BrClN2S/c1-8-6-10(3-4-11(8)15)18-13-7-9(16)2-5-12(13)17-14(18)19/h2-7H,1H3,(H,17,19). The van der Waals surface area contributed by atoms with E-state index in [1.54, 1.807) is 0 Å². The van der Waals surface area contributed by atoms with Gasteiger partial charge in [-0.2, -0.15) is 0 Å². The maximum atomic E-state index is 6.08. The lowest BCUT2D eigenvalue weighted by atomic mass is 10.2. The Morgan fingerprint density at radius 2 is 2.00 bits per heavy atom. The number of benzene rings is 2. The number of hydrogen-bond donors (Lipinski definition) is 1. The van der Waals surface area contributed by atoms with E-state index in [2.05, 4.69) is 33.9 Å². The number of aromatic amines is 1. The van der Waals surface area contributed by atoms with Crippen LogP contribution < -0.4 is 0 Å². The lowest BCUT2D eigenvalue weighted by Gasteiger charge is -2.07. The lowest BCUT2D eigenvalue weighted by Crippen LogP contribution is -1.94. The minimum Gasteiger partial charge on any atom is -0.330 e. The fourth-order valence-electron chi connectivity index (χ4n) is 2.10. The number of imidazole rings is 1. The molecule has 0 atom stereocenters. The van der Waals surface area contributed by atoms with Gasteiger partial charge in [0.25, 0.3) is 0 Å². The van der Waals surface area contributed by atoms with Gasteiger partial charge < -0.3 is 4.98 Å². The van der Waals surface area contributed by atoms with E-state index in [1.807, 2.05) is 34.9 Å². The Kier molecular flexibility index (Phi) is 3.25. The number of nitrogens with zero attached hydrogens (tertiary/aromatic N) is 1. The normalized spacial score (nSPS) is 11.1. The van der Waals surface area contributed by atoms with Crippen molar-refractivity contribution in [2.75, 3.05) is 0 Å². The first-order valence-electron chi connectivity index (χ1n) is 5.73. The molecule has 0 saturated heterocycles. The Hall–Kier alpha value is -1.10. The predicted molar refractivity (Wildman–Crippen MR) is 85.9 cm³/mol. The predicted octanol–water partition coefficient (Wildman–Crippen LogP) is 5.41. The number of hydrogen-bond acceptors (Lipinski definition) is 1. The highest BCUT2D eigenvalue weighted by Gasteiger charge is 2.08. The molecule has 19 heavy (non-hydrogen) atoms. The molecule has 0 aliphatic rings. The van der Waals surface area contributed by atoms with Crippen LogP contribution in [-0.4, -0.2) is 9.55 Å². The summed E-state index contributed by atoms with van der Waals surface area (Å²) >= 11 is 15.0. The molecule has 5 heteroatoms. The van der Waals surface area contributed by atoms with Gasteiger partial charge in [-0.3, -0.25) is 4.57 Å². The van der Waals surface area contributed by atoms with Gasteiger partial charge in [-0.05, 0) is 61.1 Å². The highest BCUT2D eigenvalue weighted by molar-refractivity contribution is 9.10. The SMILES string of the molecule is Cc1cc(-n2c(=S)[nH]c3ccc(Cl)cc32)ccc1Br. The smallest absolute Gasteiger partial charge is 0.182 e. The summed E-state index contributed by atoms with van der Waals surface area (Å²) in [6.07, 6.45) is 0. The molecule has 2 aromatic carbocycles. The molecule has 3 aromatic rings. The molecule has 0 bridgehead atoms. The van der Waals surface area contributed by atoms with E-state index in [-0.39, 0.29) is 0 Å². The molecular weight excluding hydrogens is 344 g/mol. The second-order valence-electron chi connectivity index (χ2n) is 4.36. The van der Waals surface area contributed by atoms with Gasteiger partial charge in [0.1, 0.15) is 0 Å². The Labute approximate surface area is 129 Å². The molecule has 1 heterocycles. The number of H-pyrrole nitrogens is 1. The minimum atomic E-state index is 0.666. The van der Waals surface area contributed by atoms with Crippen molar-refractivity contribution in [3.63, 3.8) is 0 Å². The van der Waals surface area contributed by atoms with Gasteiger partial charge in [0.15, 0.2) is 4.77 Å². The third kappa shape index (κ3) is 2.24. The maximum Gasteiger partial charge on any atom is 0.182 e. The van der Waals surface area contributed by atoms with Gasteiger partial charge in [-0.15, -0.1) is 0 Å². The summed E-state index contributed by atoms with van der Waals surface area (Å²) in [5, 5.41) is 0.698. The van der Waals surface area contributed by atoms with Gasteiger partial charge >= 0.3 is 0 Å². The van der Waals surface area contributed by atoms with Crippen molar-refractivity contribution in [1.82, 2.24) is 9.55 Å². The monoisotopic (exact) mass is 352 g/mol. The molecule has 0 amide bonds. The largest absolute Gasteiger partial charge is 0.330 e. The van der Waals surface area contributed by atoms with Crippen LogP contribution in [0.25, 0.3) is 16.7 Å². The van der Waals surface area contributed by atoms with Crippen LogP contribution in [-0.2, 0) is 0 Å². The molecule has 0 aliphatic carbocycles. The molecule has 1 aromatic heterocycles. The van der Waals surface area contributed by atoms with Gasteiger partial charge in [0.2, 0.25) is 0 Å². The summed E-state index contributed by atoms with van der Waals surface area (Å²) in [6.45, 7) is 2.05. The van der Waals surface area contributed by atoms with Gasteiger partial charge in [0.05, 0.1) is 11.0 Å². The number of halogens is 2. The molecule has 0 fully saturated rings. The van der Waals surface area contributed by atoms with Crippen molar-refractivity contribution in [2.24, 2.45) is 0 Å². The zero-order chi connectivity index (χ0) is 13.6. The first-order valence-corrected chi connectivity index (χ1v) is 7.31. The molecule has 2 nitrogen and oxygen atoms in total. The van der Waals surface area contributed by atoms with E-state index in [0.717, 1.165) is 26.8 Å². The zero-order valence-corrected chi connectivity index (χ0v) is 13.2. The van der Waals surface area contributed by atoms with E-state index < -0.39 is 0 Å². The van der Waals surface area contributed by atoms with Crippen molar-refractivity contribution in [3.8, 4) is 5.69 Å². The van der Waals surface area contributed by atoms with Gasteiger partial charge in [-0.1, -0.05) is 27.5 Å². The molecule has 0 unspecified atom stereocenters. The highest BCUT2D eigenvalue weighted by atomic mass is 79.9. The summed E-state index contributed by atoms with van der Waals surface area (Å²) in [5.74, 6) is 0. The summed E-state index contributed by atoms with van der Waals surface area (Å²) in [4.78, 5) is 3.19.